The van der Waals surface area contributed by atoms with E-state index in [0.29, 0.717) is 44.1 Å². The van der Waals surface area contributed by atoms with E-state index in [1.807, 2.05) is 49.9 Å². The minimum absolute atomic E-state index is 0.125. The normalized spacial score (nSPS) is 18.4. The second kappa shape index (κ2) is 9.41. The molecule has 1 N–H and O–H groups in total. The summed E-state index contributed by atoms with van der Waals surface area (Å²) in [5.41, 5.74) is 1.73. The molecule has 2 amide bonds. The van der Waals surface area contributed by atoms with Crippen LogP contribution in [0.2, 0.25) is 0 Å². The van der Waals surface area contributed by atoms with Crippen molar-refractivity contribution in [3.8, 4) is 5.75 Å². The molecule has 3 rings (SSSR count). The maximum atomic E-state index is 13.2. The Bertz CT molecular complexity index is 765. The van der Waals surface area contributed by atoms with Gasteiger partial charge in [-0.25, -0.2) is 0 Å². The van der Waals surface area contributed by atoms with Gasteiger partial charge in [0.15, 0.2) is 0 Å². The molecule has 0 spiro atoms. The van der Waals surface area contributed by atoms with E-state index in [-0.39, 0.29) is 24.3 Å². The molecule has 2 aliphatic rings. The highest BCUT2D eigenvalue weighted by Gasteiger charge is 2.42. The number of amides is 2. The average Bonchev–Trinajstić information content (AvgIpc) is 2.94. The smallest absolute Gasteiger partial charge is 0.277 e. The largest absolute Gasteiger partial charge is 0.494 e. The fourth-order valence-electron chi connectivity index (χ4n) is 3.87. The number of ether oxygens (including phenoxy) is 1. The molecule has 1 aromatic rings. The fraction of sp³-hybridized carbons (Fsp3) is 0.545. The highest BCUT2D eigenvalue weighted by molar-refractivity contribution is 6.35. The standard InChI is InChI=1S/C22H31N3O4/c1-4-29-18-7-5-17(6-8-18)19-20(22(28)25(21(19)27)15-16(2)3)24-11-9-23(10-12-24)13-14-26/h5-8,16,26H,4,9-15H2,1-3H3. The fourth-order valence-corrected chi connectivity index (χ4v) is 3.87. The summed E-state index contributed by atoms with van der Waals surface area (Å²) in [5.74, 6) is 0.515. The monoisotopic (exact) mass is 401 g/mol. The number of rotatable bonds is 8. The topological polar surface area (TPSA) is 73.3 Å². The summed E-state index contributed by atoms with van der Waals surface area (Å²) in [7, 11) is 0. The van der Waals surface area contributed by atoms with Crippen LogP contribution in [0.25, 0.3) is 5.57 Å². The summed E-state index contributed by atoms with van der Waals surface area (Å²) >= 11 is 0. The highest BCUT2D eigenvalue weighted by Crippen LogP contribution is 2.33. The van der Waals surface area contributed by atoms with Gasteiger partial charge >= 0.3 is 0 Å². The summed E-state index contributed by atoms with van der Waals surface area (Å²) < 4.78 is 5.51. The number of carbonyl (C=O) groups is 2. The van der Waals surface area contributed by atoms with Crippen molar-refractivity contribution in [2.75, 3.05) is 52.5 Å². The molecule has 2 aliphatic heterocycles. The maximum Gasteiger partial charge on any atom is 0.277 e. The zero-order valence-electron chi connectivity index (χ0n) is 17.6. The Kier molecular flexibility index (Phi) is 6.92. The zero-order valence-corrected chi connectivity index (χ0v) is 17.6. The second-order valence-electron chi connectivity index (χ2n) is 7.85. The van der Waals surface area contributed by atoms with Crippen LogP contribution in [0.15, 0.2) is 30.0 Å². The van der Waals surface area contributed by atoms with Crippen LogP contribution in [0.1, 0.15) is 26.3 Å². The van der Waals surface area contributed by atoms with Crippen molar-refractivity contribution < 1.29 is 19.4 Å². The first-order valence-electron chi connectivity index (χ1n) is 10.4. The molecule has 158 valence electrons. The van der Waals surface area contributed by atoms with Crippen LogP contribution in [0, 0.1) is 5.92 Å². The molecule has 0 unspecified atom stereocenters. The van der Waals surface area contributed by atoms with Crippen LogP contribution in [-0.4, -0.2) is 84.1 Å². The van der Waals surface area contributed by atoms with Crippen molar-refractivity contribution in [1.29, 1.82) is 0 Å². The van der Waals surface area contributed by atoms with E-state index in [1.54, 1.807) is 0 Å². The highest BCUT2D eigenvalue weighted by atomic mass is 16.5. The number of nitrogens with zero attached hydrogens (tertiary/aromatic N) is 3. The van der Waals surface area contributed by atoms with Gasteiger partial charge in [0.2, 0.25) is 0 Å². The van der Waals surface area contributed by atoms with Crippen molar-refractivity contribution in [2.45, 2.75) is 20.8 Å². The van der Waals surface area contributed by atoms with Gasteiger partial charge in [-0.3, -0.25) is 19.4 Å². The summed E-state index contributed by atoms with van der Waals surface area (Å²) in [6, 6.07) is 7.38. The lowest BCUT2D eigenvalue weighted by Crippen LogP contribution is -2.48. The Morgan fingerprint density at radius 2 is 1.69 bits per heavy atom. The lowest BCUT2D eigenvalue weighted by Gasteiger charge is -2.36. The van der Waals surface area contributed by atoms with Crippen molar-refractivity contribution in [3.63, 3.8) is 0 Å². The number of hydrogen-bond donors (Lipinski definition) is 1. The minimum Gasteiger partial charge on any atom is -0.494 e. The van der Waals surface area contributed by atoms with Gasteiger partial charge in [-0.15, -0.1) is 0 Å². The second-order valence-corrected chi connectivity index (χ2v) is 7.85. The lowest BCUT2D eigenvalue weighted by atomic mass is 10.0. The van der Waals surface area contributed by atoms with Crippen LogP contribution in [0.5, 0.6) is 5.75 Å². The Morgan fingerprint density at radius 1 is 1.03 bits per heavy atom. The first-order chi connectivity index (χ1) is 14.0. The van der Waals surface area contributed by atoms with Crippen molar-refractivity contribution >= 4 is 17.4 Å². The van der Waals surface area contributed by atoms with E-state index in [4.69, 9.17) is 9.84 Å². The van der Waals surface area contributed by atoms with Gasteiger partial charge in [0.05, 0.1) is 18.8 Å². The molecule has 0 saturated carbocycles. The predicted molar refractivity (Wildman–Crippen MR) is 111 cm³/mol. The van der Waals surface area contributed by atoms with E-state index in [9.17, 15) is 9.59 Å². The van der Waals surface area contributed by atoms with Crippen LogP contribution >= 0.6 is 0 Å². The summed E-state index contributed by atoms with van der Waals surface area (Å²) in [6.45, 7) is 10.5. The molecule has 1 fully saturated rings. The lowest BCUT2D eigenvalue weighted by molar-refractivity contribution is -0.138. The van der Waals surface area contributed by atoms with E-state index < -0.39 is 0 Å². The van der Waals surface area contributed by atoms with Crippen LogP contribution in [0.3, 0.4) is 0 Å². The number of benzene rings is 1. The SMILES string of the molecule is CCOc1ccc(C2=C(N3CCN(CCO)CC3)C(=O)N(CC(C)C)C2=O)cc1. The molecule has 0 aliphatic carbocycles. The van der Waals surface area contributed by atoms with E-state index in [2.05, 4.69) is 4.90 Å². The van der Waals surface area contributed by atoms with Gasteiger partial charge in [0.1, 0.15) is 11.4 Å². The molecule has 7 nitrogen and oxygen atoms in total. The molecular weight excluding hydrogens is 370 g/mol. The van der Waals surface area contributed by atoms with Gasteiger partial charge in [-0.2, -0.15) is 0 Å². The molecule has 2 heterocycles. The van der Waals surface area contributed by atoms with Gasteiger partial charge in [0.25, 0.3) is 11.8 Å². The van der Waals surface area contributed by atoms with Crippen LogP contribution in [0.4, 0.5) is 0 Å². The van der Waals surface area contributed by atoms with Crippen molar-refractivity contribution in [3.05, 3.63) is 35.5 Å². The molecule has 7 heteroatoms. The maximum absolute atomic E-state index is 13.2. The molecule has 0 aromatic heterocycles. The van der Waals surface area contributed by atoms with E-state index in [1.165, 1.54) is 4.90 Å². The summed E-state index contributed by atoms with van der Waals surface area (Å²) in [4.78, 5) is 32.0. The van der Waals surface area contributed by atoms with Gasteiger partial charge < -0.3 is 14.7 Å². The number of aliphatic hydroxyl groups is 1. The predicted octanol–water partition coefficient (Wildman–Crippen LogP) is 1.43. The molecule has 1 aromatic carbocycles. The molecule has 29 heavy (non-hydrogen) atoms. The molecular formula is C22H31N3O4. The average molecular weight is 402 g/mol. The van der Waals surface area contributed by atoms with Gasteiger partial charge in [-0.1, -0.05) is 26.0 Å². The van der Waals surface area contributed by atoms with Crippen LogP contribution < -0.4 is 4.74 Å². The minimum atomic E-state index is -0.222. The quantitative estimate of drug-likeness (QED) is 0.665. The Hall–Kier alpha value is -2.38. The van der Waals surface area contributed by atoms with E-state index >= 15 is 0 Å². The van der Waals surface area contributed by atoms with Crippen LogP contribution in [-0.2, 0) is 9.59 Å². The number of piperazine rings is 1. The molecule has 0 radical (unpaired) electrons. The third kappa shape index (κ3) is 4.62. The number of hydrogen-bond acceptors (Lipinski definition) is 6. The summed E-state index contributed by atoms with van der Waals surface area (Å²) in [5, 5.41) is 9.16. The van der Waals surface area contributed by atoms with Gasteiger partial charge in [0, 0.05) is 39.3 Å². The zero-order chi connectivity index (χ0) is 21.0. The molecule has 1 saturated heterocycles. The Morgan fingerprint density at radius 3 is 2.24 bits per heavy atom. The third-order valence-corrected chi connectivity index (χ3v) is 5.25. The number of aliphatic hydroxyl groups excluding tert-OH is 1. The Labute approximate surface area is 172 Å². The van der Waals surface area contributed by atoms with E-state index in [0.717, 1.165) is 24.4 Å². The first-order valence-corrected chi connectivity index (χ1v) is 10.4. The van der Waals surface area contributed by atoms with Crippen molar-refractivity contribution in [2.24, 2.45) is 5.92 Å². The van der Waals surface area contributed by atoms with Crippen molar-refractivity contribution in [1.82, 2.24) is 14.7 Å². The Balaban J connectivity index is 1.93. The number of imide groups is 1. The van der Waals surface area contributed by atoms with Gasteiger partial charge in [-0.05, 0) is 30.5 Å². The molecule has 0 bridgehead atoms. The first kappa shape index (κ1) is 21.3. The molecule has 0 atom stereocenters. The number of carbonyl (C=O) groups excluding carboxylic acids is 2. The summed E-state index contributed by atoms with van der Waals surface area (Å²) in [6.07, 6.45) is 0. The third-order valence-electron chi connectivity index (χ3n) is 5.25. The number of β-amino-alcohol motifs (C(OH)–C–C–N with tert-alkyl or cyclic N) is 1.